The predicted octanol–water partition coefficient (Wildman–Crippen LogP) is 2.95. The molecule has 3 aromatic rings. The van der Waals surface area contributed by atoms with E-state index in [4.69, 9.17) is 5.73 Å². The Hall–Kier alpha value is -2.35. The highest BCUT2D eigenvalue weighted by Gasteiger charge is 2.17. The molecule has 0 bridgehead atoms. The van der Waals surface area contributed by atoms with Gasteiger partial charge in [-0.15, -0.1) is 5.10 Å². The van der Waals surface area contributed by atoms with Crippen LogP contribution in [0, 0.1) is 11.6 Å². The zero-order valence-electron chi connectivity index (χ0n) is 10.5. The predicted molar refractivity (Wildman–Crippen MR) is 76.6 cm³/mol. The maximum absolute atomic E-state index is 14.0. The van der Waals surface area contributed by atoms with E-state index < -0.39 is 11.6 Å². The summed E-state index contributed by atoms with van der Waals surface area (Å²) in [5.74, 6) is -0.839. The lowest BCUT2D eigenvalue weighted by atomic mass is 10.1. The number of nitrogens with zero attached hydrogens (tertiary/aromatic N) is 4. The fraction of sp³-hybridized carbons (Fsp3) is 0. The molecular weight excluding hydrogens is 344 g/mol. The molecule has 0 aliphatic heterocycles. The topological polar surface area (TPSA) is 69.6 Å². The van der Waals surface area contributed by atoms with Gasteiger partial charge in [0.25, 0.3) is 0 Å². The van der Waals surface area contributed by atoms with Gasteiger partial charge in [-0.2, -0.15) is 4.68 Å². The van der Waals surface area contributed by atoms with Crippen molar-refractivity contribution in [2.24, 2.45) is 0 Å². The lowest BCUT2D eigenvalue weighted by Gasteiger charge is -2.08. The van der Waals surface area contributed by atoms with Crippen molar-refractivity contribution >= 4 is 21.6 Å². The standard InChI is InChI=1S/C13H8BrF2N5/c14-7-1-3-10(16)12(5-7)21-13(18-19-20-21)9-6-8(15)2-4-11(9)17/h1-6H,17H2. The molecule has 8 heteroatoms. The number of benzene rings is 2. The first kappa shape index (κ1) is 13.6. The number of aromatic nitrogens is 4. The van der Waals surface area contributed by atoms with Gasteiger partial charge in [-0.05, 0) is 46.8 Å². The molecule has 0 saturated heterocycles. The molecule has 1 heterocycles. The maximum atomic E-state index is 14.0. The monoisotopic (exact) mass is 351 g/mol. The Morgan fingerprint density at radius 2 is 1.90 bits per heavy atom. The van der Waals surface area contributed by atoms with Crippen molar-refractivity contribution in [2.75, 3.05) is 5.73 Å². The third kappa shape index (κ3) is 2.49. The molecule has 3 rings (SSSR count). The second-order valence-corrected chi connectivity index (χ2v) is 5.16. The maximum Gasteiger partial charge on any atom is 0.189 e. The van der Waals surface area contributed by atoms with Crippen LogP contribution >= 0.6 is 15.9 Å². The van der Waals surface area contributed by atoms with Crippen molar-refractivity contribution in [3.63, 3.8) is 0 Å². The number of rotatable bonds is 2. The van der Waals surface area contributed by atoms with Crippen molar-refractivity contribution in [3.05, 3.63) is 52.5 Å². The number of nitrogen functional groups attached to an aromatic ring is 1. The minimum atomic E-state index is -0.512. The minimum Gasteiger partial charge on any atom is -0.398 e. The third-order valence-corrected chi connectivity index (χ3v) is 3.36. The molecule has 106 valence electrons. The van der Waals surface area contributed by atoms with Crippen LogP contribution in [0.3, 0.4) is 0 Å². The van der Waals surface area contributed by atoms with Gasteiger partial charge in [-0.3, -0.25) is 0 Å². The van der Waals surface area contributed by atoms with Crippen LogP contribution in [0.5, 0.6) is 0 Å². The highest BCUT2D eigenvalue weighted by Crippen LogP contribution is 2.28. The van der Waals surface area contributed by atoms with Crippen LogP contribution in [0.1, 0.15) is 0 Å². The van der Waals surface area contributed by atoms with E-state index in [0.717, 1.165) is 0 Å². The van der Waals surface area contributed by atoms with Gasteiger partial charge in [0, 0.05) is 15.7 Å². The van der Waals surface area contributed by atoms with Gasteiger partial charge in [0.15, 0.2) is 5.82 Å². The zero-order chi connectivity index (χ0) is 15.0. The van der Waals surface area contributed by atoms with E-state index in [0.29, 0.717) is 15.7 Å². The fourth-order valence-corrected chi connectivity index (χ4v) is 2.24. The van der Waals surface area contributed by atoms with Gasteiger partial charge < -0.3 is 5.73 Å². The number of tetrazole rings is 1. The Kier molecular flexibility index (Phi) is 3.38. The van der Waals surface area contributed by atoms with E-state index in [2.05, 4.69) is 31.5 Å². The first-order valence-electron chi connectivity index (χ1n) is 5.85. The summed E-state index contributed by atoms with van der Waals surface area (Å²) in [5, 5.41) is 11.1. The SMILES string of the molecule is Nc1ccc(F)cc1-c1nnnn1-c1cc(Br)ccc1F. The Morgan fingerprint density at radius 3 is 2.71 bits per heavy atom. The minimum absolute atomic E-state index is 0.132. The summed E-state index contributed by atoms with van der Waals surface area (Å²) in [6.07, 6.45) is 0. The van der Waals surface area contributed by atoms with Crippen molar-refractivity contribution in [3.8, 4) is 17.1 Å². The van der Waals surface area contributed by atoms with Gasteiger partial charge in [0.2, 0.25) is 0 Å². The molecular formula is C13H8BrF2N5. The fourth-order valence-electron chi connectivity index (χ4n) is 1.89. The summed E-state index contributed by atoms with van der Waals surface area (Å²) in [6.45, 7) is 0. The van der Waals surface area contributed by atoms with E-state index >= 15 is 0 Å². The molecule has 1 aromatic heterocycles. The highest BCUT2D eigenvalue weighted by atomic mass is 79.9. The molecule has 0 fully saturated rings. The van der Waals surface area contributed by atoms with E-state index in [1.807, 2.05) is 0 Å². The van der Waals surface area contributed by atoms with E-state index in [1.54, 1.807) is 6.07 Å². The second kappa shape index (κ2) is 5.21. The van der Waals surface area contributed by atoms with Crippen molar-refractivity contribution in [2.45, 2.75) is 0 Å². The van der Waals surface area contributed by atoms with E-state index in [1.165, 1.54) is 35.0 Å². The van der Waals surface area contributed by atoms with Crippen LogP contribution in [0.2, 0.25) is 0 Å². The molecule has 0 amide bonds. The van der Waals surface area contributed by atoms with Crippen molar-refractivity contribution in [1.82, 2.24) is 20.2 Å². The molecule has 2 N–H and O–H groups in total. The average molecular weight is 352 g/mol. The second-order valence-electron chi connectivity index (χ2n) is 4.24. The molecule has 5 nitrogen and oxygen atoms in total. The zero-order valence-corrected chi connectivity index (χ0v) is 12.1. The molecule has 0 aliphatic rings. The van der Waals surface area contributed by atoms with Crippen LogP contribution in [0.15, 0.2) is 40.9 Å². The largest absolute Gasteiger partial charge is 0.398 e. The molecule has 0 spiro atoms. The van der Waals surface area contributed by atoms with Crippen LogP contribution in [0.4, 0.5) is 14.5 Å². The summed E-state index contributed by atoms with van der Waals surface area (Å²) in [4.78, 5) is 0. The Bertz CT molecular complexity index is 752. The molecule has 0 unspecified atom stereocenters. The van der Waals surface area contributed by atoms with Crippen LogP contribution < -0.4 is 5.73 Å². The summed E-state index contributed by atoms with van der Waals surface area (Å²) < 4.78 is 29.2. The lowest BCUT2D eigenvalue weighted by Crippen LogP contribution is -2.04. The van der Waals surface area contributed by atoms with Crippen molar-refractivity contribution in [1.29, 1.82) is 0 Å². The van der Waals surface area contributed by atoms with E-state index in [9.17, 15) is 8.78 Å². The van der Waals surface area contributed by atoms with Gasteiger partial charge >= 0.3 is 0 Å². The summed E-state index contributed by atoms with van der Waals surface area (Å²) in [6, 6.07) is 8.19. The third-order valence-electron chi connectivity index (χ3n) is 2.86. The normalized spacial score (nSPS) is 10.8. The van der Waals surface area contributed by atoms with Gasteiger partial charge in [0.1, 0.15) is 17.3 Å². The Labute approximate surface area is 126 Å². The number of hydrogen-bond acceptors (Lipinski definition) is 4. The lowest BCUT2D eigenvalue weighted by molar-refractivity contribution is 0.607. The van der Waals surface area contributed by atoms with E-state index in [-0.39, 0.29) is 11.5 Å². The molecule has 0 radical (unpaired) electrons. The Morgan fingerprint density at radius 1 is 1.10 bits per heavy atom. The first-order valence-corrected chi connectivity index (χ1v) is 6.65. The first-order chi connectivity index (χ1) is 10.1. The summed E-state index contributed by atoms with van der Waals surface area (Å²) in [5.41, 5.74) is 6.53. The quantitative estimate of drug-likeness (QED) is 0.720. The van der Waals surface area contributed by atoms with Crippen LogP contribution in [-0.4, -0.2) is 20.2 Å². The van der Waals surface area contributed by atoms with Gasteiger partial charge in [-0.25, -0.2) is 8.78 Å². The number of halogens is 3. The van der Waals surface area contributed by atoms with Gasteiger partial charge in [-0.1, -0.05) is 15.9 Å². The summed E-state index contributed by atoms with van der Waals surface area (Å²) >= 11 is 3.26. The summed E-state index contributed by atoms with van der Waals surface area (Å²) in [7, 11) is 0. The molecule has 0 aliphatic carbocycles. The van der Waals surface area contributed by atoms with Crippen molar-refractivity contribution < 1.29 is 8.78 Å². The molecule has 2 aromatic carbocycles. The smallest absolute Gasteiger partial charge is 0.189 e. The van der Waals surface area contributed by atoms with Crippen LogP contribution in [-0.2, 0) is 0 Å². The number of anilines is 1. The Balaban J connectivity index is 2.22. The molecule has 0 saturated carbocycles. The molecule has 21 heavy (non-hydrogen) atoms. The van der Waals surface area contributed by atoms with Crippen LogP contribution in [0.25, 0.3) is 17.1 Å². The highest BCUT2D eigenvalue weighted by molar-refractivity contribution is 9.10. The number of nitrogens with two attached hydrogens (primary N) is 1. The number of hydrogen-bond donors (Lipinski definition) is 1. The average Bonchev–Trinajstić information content (AvgIpc) is 2.93. The molecule has 0 atom stereocenters. The van der Waals surface area contributed by atoms with Gasteiger partial charge in [0.05, 0.1) is 0 Å².